The van der Waals surface area contributed by atoms with E-state index in [-0.39, 0.29) is 11.2 Å². The van der Waals surface area contributed by atoms with Gasteiger partial charge in [0.2, 0.25) is 5.91 Å². The molecule has 0 saturated carbocycles. The van der Waals surface area contributed by atoms with Crippen molar-refractivity contribution in [1.29, 1.82) is 0 Å². The lowest BCUT2D eigenvalue weighted by Crippen LogP contribution is -2.24. The van der Waals surface area contributed by atoms with Crippen molar-refractivity contribution in [1.82, 2.24) is 9.97 Å². The van der Waals surface area contributed by atoms with Crippen molar-refractivity contribution in [2.45, 2.75) is 30.5 Å². The number of benzene rings is 2. The van der Waals surface area contributed by atoms with Crippen LogP contribution in [0.1, 0.15) is 18.9 Å². The van der Waals surface area contributed by atoms with E-state index in [0.29, 0.717) is 6.42 Å². The monoisotopic (exact) mass is 363 g/mol. The molecule has 0 aliphatic heterocycles. The number of amides is 1. The molecular formula is C21H21N3OS. The van der Waals surface area contributed by atoms with Crippen LogP contribution in [0.3, 0.4) is 0 Å². The van der Waals surface area contributed by atoms with Gasteiger partial charge in [-0.15, -0.1) is 0 Å². The zero-order chi connectivity index (χ0) is 18.4. The number of aromatic nitrogens is 2. The van der Waals surface area contributed by atoms with Crippen LogP contribution < -0.4 is 5.32 Å². The fourth-order valence-electron chi connectivity index (χ4n) is 2.50. The summed E-state index contributed by atoms with van der Waals surface area (Å²) in [5.41, 5.74) is 3.87. The van der Waals surface area contributed by atoms with E-state index in [2.05, 4.69) is 15.3 Å². The van der Waals surface area contributed by atoms with E-state index < -0.39 is 0 Å². The standard InChI is InChI=1S/C21H21N3OS/c1-3-19(21(25)24-17-11-9-15(2)10-12-17)26-20-13-18(22-14-23-20)16-7-5-4-6-8-16/h4-14,19H,3H2,1-2H3,(H,24,25)/t19-/m1/s1. The van der Waals surface area contributed by atoms with Crippen LogP contribution in [0.15, 0.2) is 72.0 Å². The minimum Gasteiger partial charge on any atom is -0.325 e. The number of hydrogen-bond donors (Lipinski definition) is 1. The van der Waals surface area contributed by atoms with E-state index in [9.17, 15) is 4.79 Å². The summed E-state index contributed by atoms with van der Waals surface area (Å²) in [6, 6.07) is 19.7. The third-order valence-corrected chi connectivity index (χ3v) is 5.25. The molecule has 1 atom stereocenters. The predicted molar refractivity (Wildman–Crippen MR) is 107 cm³/mol. The Hall–Kier alpha value is -2.66. The molecule has 0 saturated heterocycles. The van der Waals surface area contributed by atoms with Gasteiger partial charge in [0, 0.05) is 11.3 Å². The first-order valence-electron chi connectivity index (χ1n) is 8.57. The summed E-state index contributed by atoms with van der Waals surface area (Å²) in [4.78, 5) is 21.3. The van der Waals surface area contributed by atoms with Gasteiger partial charge in [0.1, 0.15) is 11.4 Å². The molecule has 1 amide bonds. The van der Waals surface area contributed by atoms with E-state index in [1.54, 1.807) is 6.33 Å². The highest BCUT2D eigenvalue weighted by Gasteiger charge is 2.19. The van der Waals surface area contributed by atoms with Crippen LogP contribution in [-0.4, -0.2) is 21.1 Å². The fourth-order valence-corrected chi connectivity index (χ4v) is 3.41. The number of carbonyl (C=O) groups is 1. The molecule has 4 nitrogen and oxygen atoms in total. The molecule has 132 valence electrons. The van der Waals surface area contributed by atoms with Crippen molar-refractivity contribution in [2.75, 3.05) is 5.32 Å². The SMILES string of the molecule is CC[C@@H](Sc1cc(-c2ccccc2)ncn1)C(=O)Nc1ccc(C)cc1. The lowest BCUT2D eigenvalue weighted by Gasteiger charge is -2.14. The first-order valence-corrected chi connectivity index (χ1v) is 9.45. The zero-order valence-corrected chi connectivity index (χ0v) is 15.7. The van der Waals surface area contributed by atoms with Crippen LogP contribution in [0.5, 0.6) is 0 Å². The normalized spacial score (nSPS) is 11.8. The summed E-state index contributed by atoms with van der Waals surface area (Å²) in [6.07, 6.45) is 2.27. The molecule has 5 heteroatoms. The van der Waals surface area contributed by atoms with E-state index in [1.165, 1.54) is 17.3 Å². The molecule has 0 spiro atoms. The van der Waals surface area contributed by atoms with Gasteiger partial charge in [-0.25, -0.2) is 9.97 Å². The molecule has 0 radical (unpaired) electrons. The molecule has 26 heavy (non-hydrogen) atoms. The fraction of sp³-hybridized carbons (Fsp3) is 0.190. The number of thioether (sulfide) groups is 1. The highest BCUT2D eigenvalue weighted by Crippen LogP contribution is 2.27. The largest absolute Gasteiger partial charge is 0.325 e. The van der Waals surface area contributed by atoms with Crippen LogP contribution in [0.2, 0.25) is 0 Å². The smallest absolute Gasteiger partial charge is 0.237 e. The number of anilines is 1. The molecule has 0 fully saturated rings. The Morgan fingerprint density at radius 2 is 1.81 bits per heavy atom. The van der Waals surface area contributed by atoms with E-state index in [0.717, 1.165) is 22.0 Å². The third-order valence-electron chi connectivity index (χ3n) is 3.96. The van der Waals surface area contributed by atoms with Crippen molar-refractivity contribution in [3.63, 3.8) is 0 Å². The lowest BCUT2D eigenvalue weighted by atomic mass is 10.1. The van der Waals surface area contributed by atoms with Gasteiger partial charge in [-0.1, -0.05) is 66.7 Å². The maximum atomic E-state index is 12.6. The molecule has 3 rings (SSSR count). The molecule has 3 aromatic rings. The highest BCUT2D eigenvalue weighted by atomic mass is 32.2. The number of nitrogens with one attached hydrogen (secondary N) is 1. The van der Waals surface area contributed by atoms with Gasteiger partial charge in [0.25, 0.3) is 0 Å². The maximum absolute atomic E-state index is 12.6. The van der Waals surface area contributed by atoms with Gasteiger partial charge in [0.15, 0.2) is 0 Å². The third kappa shape index (κ3) is 4.70. The van der Waals surface area contributed by atoms with Gasteiger partial charge >= 0.3 is 0 Å². The Morgan fingerprint density at radius 3 is 2.50 bits per heavy atom. The summed E-state index contributed by atoms with van der Waals surface area (Å²) in [6.45, 7) is 4.03. The van der Waals surface area contributed by atoms with Crippen LogP contribution in [-0.2, 0) is 4.79 Å². The lowest BCUT2D eigenvalue weighted by molar-refractivity contribution is -0.115. The number of carbonyl (C=O) groups excluding carboxylic acids is 1. The summed E-state index contributed by atoms with van der Waals surface area (Å²) in [5, 5.41) is 3.57. The average Bonchev–Trinajstić information content (AvgIpc) is 2.68. The Morgan fingerprint density at radius 1 is 1.08 bits per heavy atom. The summed E-state index contributed by atoms with van der Waals surface area (Å²) in [7, 11) is 0. The van der Waals surface area contributed by atoms with E-state index in [4.69, 9.17) is 0 Å². The number of hydrogen-bond acceptors (Lipinski definition) is 4. The van der Waals surface area contributed by atoms with Crippen molar-refractivity contribution in [3.8, 4) is 11.3 Å². The minimum absolute atomic E-state index is 0.0128. The van der Waals surface area contributed by atoms with Gasteiger partial charge in [-0.3, -0.25) is 4.79 Å². The molecule has 0 aliphatic carbocycles. The van der Waals surface area contributed by atoms with Gasteiger partial charge in [-0.2, -0.15) is 0 Å². The first kappa shape index (κ1) is 18.1. The van der Waals surface area contributed by atoms with Crippen LogP contribution in [0, 0.1) is 6.92 Å². The minimum atomic E-state index is -0.213. The summed E-state index contributed by atoms with van der Waals surface area (Å²) in [5.74, 6) is -0.0128. The topological polar surface area (TPSA) is 54.9 Å². The molecule has 0 bridgehead atoms. The Balaban J connectivity index is 1.71. The molecule has 2 aromatic carbocycles. The van der Waals surface area contributed by atoms with E-state index in [1.807, 2.05) is 74.5 Å². The van der Waals surface area contributed by atoms with Gasteiger partial charge in [-0.05, 0) is 31.5 Å². The zero-order valence-electron chi connectivity index (χ0n) is 14.8. The Kier molecular flexibility index (Phi) is 6.02. The van der Waals surface area contributed by atoms with Crippen molar-refractivity contribution in [2.24, 2.45) is 0 Å². The molecule has 1 heterocycles. The van der Waals surface area contributed by atoms with Crippen molar-refractivity contribution >= 4 is 23.4 Å². The average molecular weight is 363 g/mol. The number of nitrogens with zero attached hydrogens (tertiary/aromatic N) is 2. The van der Waals surface area contributed by atoms with Crippen molar-refractivity contribution in [3.05, 3.63) is 72.6 Å². The molecule has 0 aliphatic rings. The molecule has 1 aromatic heterocycles. The van der Waals surface area contributed by atoms with Crippen LogP contribution in [0.25, 0.3) is 11.3 Å². The van der Waals surface area contributed by atoms with E-state index >= 15 is 0 Å². The second-order valence-corrected chi connectivity index (χ2v) is 7.20. The first-order chi connectivity index (χ1) is 12.7. The molecule has 1 N–H and O–H groups in total. The quantitative estimate of drug-likeness (QED) is 0.497. The Labute approximate surface area is 158 Å². The van der Waals surface area contributed by atoms with Crippen molar-refractivity contribution < 1.29 is 4.79 Å². The van der Waals surface area contributed by atoms with Gasteiger partial charge < -0.3 is 5.32 Å². The molecular weight excluding hydrogens is 342 g/mol. The number of rotatable bonds is 6. The second kappa shape index (κ2) is 8.63. The summed E-state index contributed by atoms with van der Waals surface area (Å²) >= 11 is 1.46. The second-order valence-electron chi connectivity index (χ2n) is 5.98. The predicted octanol–water partition coefficient (Wildman–Crippen LogP) is 4.96. The molecule has 0 unspecified atom stereocenters. The maximum Gasteiger partial charge on any atom is 0.237 e. The highest BCUT2D eigenvalue weighted by molar-refractivity contribution is 8.00. The van der Waals surface area contributed by atoms with Gasteiger partial charge in [0.05, 0.1) is 10.9 Å². The van der Waals surface area contributed by atoms with Crippen LogP contribution in [0.4, 0.5) is 5.69 Å². The van der Waals surface area contributed by atoms with Crippen LogP contribution >= 0.6 is 11.8 Å². The summed E-state index contributed by atoms with van der Waals surface area (Å²) < 4.78 is 0. The number of aryl methyl sites for hydroxylation is 1. The Bertz CT molecular complexity index is 866.